The minimum Gasteiger partial charge on any atom is -0.481 e. The van der Waals surface area contributed by atoms with E-state index in [0.29, 0.717) is 47.5 Å². The van der Waals surface area contributed by atoms with Gasteiger partial charge in [-0.25, -0.2) is 9.97 Å². The SMILES string of the molecule is O=C(O)C1CCN(c2cc(Nc3c(Cl)cccc3Cl)ncn2)CC1. The zero-order valence-electron chi connectivity index (χ0n) is 12.7. The number of rotatable bonds is 4. The summed E-state index contributed by atoms with van der Waals surface area (Å²) in [6.07, 6.45) is 2.68. The standard InChI is InChI=1S/C16H16Cl2N4O2/c17-11-2-1-3-12(18)15(11)21-13-8-14(20-9-19-13)22-6-4-10(5-7-22)16(23)24/h1-3,8-10H,4-7H2,(H,23,24)(H,19,20,21). The molecule has 0 saturated carbocycles. The minimum absolute atomic E-state index is 0.275. The molecule has 0 atom stereocenters. The van der Waals surface area contributed by atoms with Gasteiger partial charge in [0.1, 0.15) is 18.0 Å². The second-order valence-corrected chi connectivity index (χ2v) is 6.40. The van der Waals surface area contributed by atoms with Crippen molar-refractivity contribution in [3.8, 4) is 0 Å². The summed E-state index contributed by atoms with van der Waals surface area (Å²) in [5.74, 6) is 0.325. The maximum Gasteiger partial charge on any atom is 0.306 e. The zero-order valence-corrected chi connectivity index (χ0v) is 14.3. The van der Waals surface area contributed by atoms with Gasteiger partial charge in [-0.05, 0) is 25.0 Å². The van der Waals surface area contributed by atoms with Crippen LogP contribution in [0.1, 0.15) is 12.8 Å². The Hall–Kier alpha value is -2.05. The molecule has 2 N–H and O–H groups in total. The van der Waals surface area contributed by atoms with E-state index in [1.54, 1.807) is 24.3 Å². The summed E-state index contributed by atoms with van der Waals surface area (Å²) in [7, 11) is 0. The third-order valence-electron chi connectivity index (χ3n) is 4.04. The fourth-order valence-electron chi connectivity index (χ4n) is 2.69. The number of halogens is 2. The second-order valence-electron chi connectivity index (χ2n) is 5.58. The van der Waals surface area contributed by atoms with Gasteiger partial charge in [-0.15, -0.1) is 0 Å². The van der Waals surface area contributed by atoms with Crippen LogP contribution in [0.15, 0.2) is 30.6 Å². The molecule has 0 aliphatic carbocycles. The molecule has 1 aliphatic rings. The van der Waals surface area contributed by atoms with E-state index in [1.165, 1.54) is 6.33 Å². The van der Waals surface area contributed by atoms with Crippen molar-refractivity contribution in [1.29, 1.82) is 0 Å². The smallest absolute Gasteiger partial charge is 0.306 e. The molecule has 0 spiro atoms. The average Bonchev–Trinajstić information content (AvgIpc) is 2.59. The lowest BCUT2D eigenvalue weighted by Gasteiger charge is -2.31. The van der Waals surface area contributed by atoms with Gasteiger partial charge in [0.25, 0.3) is 0 Å². The fraction of sp³-hybridized carbons (Fsp3) is 0.312. The van der Waals surface area contributed by atoms with Crippen LogP contribution >= 0.6 is 23.2 Å². The van der Waals surface area contributed by atoms with E-state index in [4.69, 9.17) is 28.3 Å². The van der Waals surface area contributed by atoms with Crippen molar-refractivity contribution in [3.63, 3.8) is 0 Å². The first-order valence-corrected chi connectivity index (χ1v) is 8.31. The molecular formula is C16H16Cl2N4O2. The number of anilines is 3. The Bertz CT molecular complexity index is 728. The molecule has 24 heavy (non-hydrogen) atoms. The van der Waals surface area contributed by atoms with Crippen LogP contribution in [0.2, 0.25) is 10.0 Å². The number of carboxylic acids is 1. The van der Waals surface area contributed by atoms with Crippen molar-refractivity contribution >= 4 is 46.5 Å². The van der Waals surface area contributed by atoms with Gasteiger partial charge in [0, 0.05) is 19.2 Å². The lowest BCUT2D eigenvalue weighted by atomic mass is 9.97. The van der Waals surface area contributed by atoms with Crippen molar-refractivity contribution in [2.45, 2.75) is 12.8 Å². The van der Waals surface area contributed by atoms with E-state index in [9.17, 15) is 4.79 Å². The summed E-state index contributed by atoms with van der Waals surface area (Å²) in [4.78, 5) is 21.6. The summed E-state index contributed by atoms with van der Waals surface area (Å²) in [5, 5.41) is 13.2. The van der Waals surface area contributed by atoms with Crippen LogP contribution in [0.5, 0.6) is 0 Å². The van der Waals surface area contributed by atoms with Gasteiger partial charge in [-0.1, -0.05) is 29.3 Å². The molecule has 8 heteroatoms. The molecule has 0 bridgehead atoms. The molecule has 0 unspecified atom stereocenters. The molecule has 1 aromatic carbocycles. The predicted octanol–water partition coefficient (Wildman–Crippen LogP) is 3.83. The Kier molecular flexibility index (Phi) is 5.06. The van der Waals surface area contributed by atoms with Crippen LogP contribution < -0.4 is 10.2 Å². The average molecular weight is 367 g/mol. The summed E-state index contributed by atoms with van der Waals surface area (Å²) in [6.45, 7) is 1.31. The fourth-order valence-corrected chi connectivity index (χ4v) is 3.18. The Morgan fingerprint density at radius 2 is 1.88 bits per heavy atom. The zero-order chi connectivity index (χ0) is 17.1. The van der Waals surface area contributed by atoms with Crippen molar-refractivity contribution in [2.75, 3.05) is 23.3 Å². The number of hydrogen-bond donors (Lipinski definition) is 2. The van der Waals surface area contributed by atoms with Gasteiger partial charge in [0.2, 0.25) is 0 Å². The first kappa shape index (κ1) is 16.8. The molecule has 1 aliphatic heterocycles. The lowest BCUT2D eigenvalue weighted by molar-refractivity contribution is -0.142. The molecule has 126 valence electrons. The van der Waals surface area contributed by atoms with Gasteiger partial charge >= 0.3 is 5.97 Å². The number of aromatic nitrogens is 2. The molecular weight excluding hydrogens is 351 g/mol. The van der Waals surface area contributed by atoms with Crippen molar-refractivity contribution < 1.29 is 9.90 Å². The molecule has 1 aromatic heterocycles. The highest BCUT2D eigenvalue weighted by Gasteiger charge is 2.25. The third-order valence-corrected chi connectivity index (χ3v) is 4.67. The number of para-hydroxylation sites is 1. The minimum atomic E-state index is -0.729. The van der Waals surface area contributed by atoms with E-state index in [-0.39, 0.29) is 5.92 Å². The van der Waals surface area contributed by atoms with Crippen LogP contribution in [0.4, 0.5) is 17.3 Å². The van der Waals surface area contributed by atoms with Gasteiger partial charge in [-0.2, -0.15) is 0 Å². The number of nitrogens with zero attached hydrogens (tertiary/aromatic N) is 3. The van der Waals surface area contributed by atoms with Gasteiger partial charge < -0.3 is 15.3 Å². The molecule has 0 radical (unpaired) electrons. The Labute approximate surface area is 149 Å². The quantitative estimate of drug-likeness (QED) is 0.855. The van der Waals surface area contributed by atoms with E-state index in [0.717, 1.165) is 5.82 Å². The molecule has 6 nitrogen and oxygen atoms in total. The Balaban J connectivity index is 1.74. The maximum atomic E-state index is 11.0. The second kappa shape index (κ2) is 7.23. The normalized spacial score (nSPS) is 15.3. The van der Waals surface area contributed by atoms with Crippen LogP contribution in [0, 0.1) is 5.92 Å². The molecule has 3 rings (SSSR count). The summed E-state index contributed by atoms with van der Waals surface area (Å²) < 4.78 is 0. The maximum absolute atomic E-state index is 11.0. The topological polar surface area (TPSA) is 78.4 Å². The number of aliphatic carboxylic acids is 1. The Morgan fingerprint density at radius 3 is 2.50 bits per heavy atom. The first-order valence-electron chi connectivity index (χ1n) is 7.55. The molecule has 1 fully saturated rings. The highest BCUT2D eigenvalue weighted by atomic mass is 35.5. The van der Waals surface area contributed by atoms with E-state index in [2.05, 4.69) is 20.2 Å². The van der Waals surface area contributed by atoms with Crippen LogP contribution in [0.3, 0.4) is 0 Å². The number of hydrogen-bond acceptors (Lipinski definition) is 5. The number of piperidine rings is 1. The summed E-state index contributed by atoms with van der Waals surface area (Å²) in [6, 6.07) is 7.07. The van der Waals surface area contributed by atoms with Crippen LogP contribution in [-0.2, 0) is 4.79 Å². The number of carbonyl (C=O) groups is 1. The van der Waals surface area contributed by atoms with Gasteiger partial charge in [-0.3, -0.25) is 4.79 Å². The molecule has 2 heterocycles. The van der Waals surface area contributed by atoms with Crippen LogP contribution in [0.25, 0.3) is 0 Å². The highest BCUT2D eigenvalue weighted by molar-refractivity contribution is 6.39. The largest absolute Gasteiger partial charge is 0.481 e. The number of benzene rings is 1. The summed E-state index contributed by atoms with van der Waals surface area (Å²) >= 11 is 12.3. The van der Waals surface area contributed by atoms with Gasteiger partial charge in [0.15, 0.2) is 0 Å². The molecule has 2 aromatic rings. The van der Waals surface area contributed by atoms with Crippen molar-refractivity contribution in [2.24, 2.45) is 5.92 Å². The molecule has 0 amide bonds. The molecule has 1 saturated heterocycles. The van der Waals surface area contributed by atoms with Crippen molar-refractivity contribution in [3.05, 3.63) is 40.6 Å². The monoisotopic (exact) mass is 366 g/mol. The predicted molar refractivity (Wildman–Crippen MR) is 94.3 cm³/mol. The van der Waals surface area contributed by atoms with E-state index in [1.807, 2.05) is 0 Å². The third kappa shape index (κ3) is 3.71. The first-order chi connectivity index (χ1) is 11.5. The van der Waals surface area contributed by atoms with Crippen molar-refractivity contribution in [1.82, 2.24) is 9.97 Å². The highest BCUT2D eigenvalue weighted by Crippen LogP contribution is 2.32. The lowest BCUT2D eigenvalue weighted by Crippen LogP contribution is -2.36. The van der Waals surface area contributed by atoms with Crippen LogP contribution in [-0.4, -0.2) is 34.1 Å². The Morgan fingerprint density at radius 1 is 1.21 bits per heavy atom. The van der Waals surface area contributed by atoms with E-state index < -0.39 is 5.97 Å². The number of nitrogens with one attached hydrogen (secondary N) is 1. The summed E-state index contributed by atoms with van der Waals surface area (Å²) in [5.41, 5.74) is 0.593. The van der Waals surface area contributed by atoms with Gasteiger partial charge in [0.05, 0.1) is 21.7 Å². The van der Waals surface area contributed by atoms with E-state index >= 15 is 0 Å². The number of carboxylic acid groups (broad SMARTS) is 1.